The fourth-order valence-corrected chi connectivity index (χ4v) is 2.00. The van der Waals surface area contributed by atoms with Crippen LogP contribution in [-0.2, 0) is 0 Å². The number of rotatable bonds is 0. The summed E-state index contributed by atoms with van der Waals surface area (Å²) in [5.41, 5.74) is 0.664. The van der Waals surface area contributed by atoms with Crippen molar-refractivity contribution >= 4 is 0 Å². The van der Waals surface area contributed by atoms with Crippen LogP contribution in [0.15, 0.2) is 0 Å². The van der Waals surface area contributed by atoms with Gasteiger partial charge in [0.25, 0.3) is 0 Å². The monoisotopic (exact) mass is 155 g/mol. The van der Waals surface area contributed by atoms with E-state index < -0.39 is 0 Å². The minimum Gasteiger partial charge on any atom is -0.307 e. The summed E-state index contributed by atoms with van der Waals surface area (Å²) in [4.78, 5) is 0. The predicted molar refractivity (Wildman–Crippen MR) is 49.7 cm³/mol. The Morgan fingerprint density at radius 1 is 1.18 bits per heavy atom. The van der Waals surface area contributed by atoms with Crippen molar-refractivity contribution in [3.63, 3.8) is 0 Å². The first-order valence-electron chi connectivity index (χ1n) is 4.63. The molecule has 1 rings (SSSR count). The van der Waals surface area contributed by atoms with Gasteiger partial charge in [0.2, 0.25) is 0 Å². The van der Waals surface area contributed by atoms with E-state index in [4.69, 9.17) is 0 Å². The summed E-state index contributed by atoms with van der Waals surface area (Å²) in [6.45, 7) is 11.5. The van der Waals surface area contributed by atoms with Gasteiger partial charge in [-0.1, -0.05) is 6.92 Å². The van der Waals surface area contributed by atoms with Crippen molar-refractivity contribution < 1.29 is 0 Å². The number of piperidine rings is 1. The average molecular weight is 155 g/mol. The highest BCUT2D eigenvalue weighted by Gasteiger charge is 2.36. The number of nitrogens with one attached hydrogen (secondary N) is 1. The molecule has 0 bridgehead atoms. The molecule has 0 aromatic rings. The number of hydrogen-bond acceptors (Lipinski definition) is 1. The average Bonchev–Trinajstić information content (AvgIpc) is 1.77. The lowest BCUT2D eigenvalue weighted by Crippen LogP contribution is -2.59. The van der Waals surface area contributed by atoms with Crippen LogP contribution >= 0.6 is 0 Å². The second-order valence-electron chi connectivity index (χ2n) is 5.17. The molecule has 1 aliphatic rings. The van der Waals surface area contributed by atoms with E-state index >= 15 is 0 Å². The van der Waals surface area contributed by atoms with Crippen LogP contribution < -0.4 is 5.32 Å². The summed E-state index contributed by atoms with van der Waals surface area (Å²) < 4.78 is 0. The van der Waals surface area contributed by atoms with E-state index in [0.29, 0.717) is 11.1 Å². The highest BCUT2D eigenvalue weighted by atomic mass is 15.1. The van der Waals surface area contributed by atoms with E-state index in [1.807, 2.05) is 0 Å². The van der Waals surface area contributed by atoms with E-state index in [1.165, 1.54) is 12.8 Å². The summed E-state index contributed by atoms with van der Waals surface area (Å²) in [5, 5.41) is 3.68. The zero-order valence-corrected chi connectivity index (χ0v) is 8.49. The summed E-state index contributed by atoms with van der Waals surface area (Å²) in [6, 6.07) is 0. The van der Waals surface area contributed by atoms with Gasteiger partial charge < -0.3 is 5.32 Å². The molecule has 1 heterocycles. The summed E-state index contributed by atoms with van der Waals surface area (Å²) in [7, 11) is 0. The maximum absolute atomic E-state index is 3.68. The van der Waals surface area contributed by atoms with E-state index in [-0.39, 0.29) is 0 Å². The van der Waals surface area contributed by atoms with Crippen LogP contribution in [0.2, 0.25) is 0 Å². The standard InChI is InChI=1S/C10H21N/c1-8-6-7-9(2,3)11-10(8,4)5/h8,11H,6-7H2,1-5H3/t8-/m0/s1. The zero-order chi connectivity index (χ0) is 8.70. The van der Waals surface area contributed by atoms with Gasteiger partial charge in [-0.15, -0.1) is 0 Å². The lowest BCUT2D eigenvalue weighted by molar-refractivity contribution is 0.123. The van der Waals surface area contributed by atoms with Gasteiger partial charge in [-0.2, -0.15) is 0 Å². The summed E-state index contributed by atoms with van der Waals surface area (Å²) >= 11 is 0. The molecule has 1 aliphatic heterocycles. The zero-order valence-electron chi connectivity index (χ0n) is 8.49. The molecule has 11 heavy (non-hydrogen) atoms. The highest BCUT2D eigenvalue weighted by Crippen LogP contribution is 2.32. The van der Waals surface area contributed by atoms with Crippen LogP contribution in [0, 0.1) is 5.92 Å². The first-order valence-corrected chi connectivity index (χ1v) is 4.63. The Morgan fingerprint density at radius 3 is 2.09 bits per heavy atom. The lowest BCUT2D eigenvalue weighted by atomic mass is 9.76. The normalized spacial score (nSPS) is 35.2. The van der Waals surface area contributed by atoms with Gasteiger partial charge in [-0.25, -0.2) is 0 Å². The van der Waals surface area contributed by atoms with Gasteiger partial charge >= 0.3 is 0 Å². The molecule has 1 N–H and O–H groups in total. The van der Waals surface area contributed by atoms with Gasteiger partial charge in [-0.05, 0) is 46.5 Å². The second kappa shape index (κ2) is 2.48. The second-order valence-corrected chi connectivity index (χ2v) is 5.17. The Balaban J connectivity index is 2.67. The van der Waals surface area contributed by atoms with E-state index in [0.717, 1.165) is 5.92 Å². The molecule has 1 atom stereocenters. The molecular weight excluding hydrogens is 134 g/mol. The van der Waals surface area contributed by atoms with Crippen LogP contribution in [0.5, 0.6) is 0 Å². The third kappa shape index (κ3) is 1.96. The predicted octanol–water partition coefficient (Wildman–Crippen LogP) is 2.56. The number of hydrogen-bond donors (Lipinski definition) is 1. The molecule has 0 aromatic carbocycles. The minimum atomic E-state index is 0.321. The van der Waals surface area contributed by atoms with Gasteiger partial charge in [0, 0.05) is 11.1 Å². The third-order valence-corrected chi connectivity index (χ3v) is 3.09. The molecule has 0 spiro atoms. The molecule has 1 fully saturated rings. The van der Waals surface area contributed by atoms with Crippen LogP contribution in [0.3, 0.4) is 0 Å². The first kappa shape index (κ1) is 9.05. The Morgan fingerprint density at radius 2 is 1.73 bits per heavy atom. The lowest BCUT2D eigenvalue weighted by Gasteiger charge is -2.46. The molecule has 0 aromatic heterocycles. The van der Waals surface area contributed by atoms with Crippen LogP contribution in [0.25, 0.3) is 0 Å². The molecule has 1 nitrogen and oxygen atoms in total. The fraction of sp³-hybridized carbons (Fsp3) is 1.00. The van der Waals surface area contributed by atoms with Crippen molar-refractivity contribution in [3.8, 4) is 0 Å². The van der Waals surface area contributed by atoms with Gasteiger partial charge in [0.15, 0.2) is 0 Å². The van der Waals surface area contributed by atoms with Crippen molar-refractivity contribution in [2.45, 2.75) is 58.5 Å². The van der Waals surface area contributed by atoms with Crippen LogP contribution in [-0.4, -0.2) is 11.1 Å². The Labute approximate surface area is 70.6 Å². The van der Waals surface area contributed by atoms with Crippen molar-refractivity contribution in [3.05, 3.63) is 0 Å². The van der Waals surface area contributed by atoms with Crippen molar-refractivity contribution in [2.75, 3.05) is 0 Å². The maximum Gasteiger partial charge on any atom is 0.0155 e. The maximum atomic E-state index is 3.68. The summed E-state index contributed by atoms with van der Waals surface area (Å²) in [5.74, 6) is 0.801. The SMILES string of the molecule is C[C@H]1CCC(C)(C)NC1(C)C. The molecule has 0 saturated carbocycles. The molecule has 66 valence electrons. The van der Waals surface area contributed by atoms with Gasteiger partial charge in [-0.3, -0.25) is 0 Å². The van der Waals surface area contributed by atoms with Gasteiger partial charge in [0.05, 0.1) is 0 Å². The van der Waals surface area contributed by atoms with Crippen molar-refractivity contribution in [1.82, 2.24) is 5.32 Å². The highest BCUT2D eigenvalue weighted by molar-refractivity contribution is 4.96. The molecular formula is C10H21N. The molecule has 0 aliphatic carbocycles. The smallest absolute Gasteiger partial charge is 0.0155 e. The molecule has 0 unspecified atom stereocenters. The molecule has 0 amide bonds. The topological polar surface area (TPSA) is 12.0 Å². The molecule has 0 radical (unpaired) electrons. The Hall–Kier alpha value is -0.0400. The van der Waals surface area contributed by atoms with E-state index in [2.05, 4.69) is 39.9 Å². The fourth-order valence-electron chi connectivity index (χ4n) is 2.00. The quantitative estimate of drug-likeness (QED) is 0.567. The Bertz CT molecular complexity index is 147. The first-order chi connectivity index (χ1) is 4.83. The van der Waals surface area contributed by atoms with Crippen molar-refractivity contribution in [1.29, 1.82) is 0 Å². The van der Waals surface area contributed by atoms with E-state index in [1.54, 1.807) is 0 Å². The summed E-state index contributed by atoms with van der Waals surface area (Å²) in [6.07, 6.45) is 2.66. The van der Waals surface area contributed by atoms with Crippen molar-refractivity contribution in [2.24, 2.45) is 5.92 Å². The van der Waals surface area contributed by atoms with E-state index in [9.17, 15) is 0 Å². The van der Waals surface area contributed by atoms with Gasteiger partial charge in [0.1, 0.15) is 0 Å². The largest absolute Gasteiger partial charge is 0.307 e. The third-order valence-electron chi connectivity index (χ3n) is 3.09. The minimum absolute atomic E-state index is 0.321. The Kier molecular flexibility index (Phi) is 2.04. The molecule has 1 saturated heterocycles. The molecule has 1 heteroatoms. The van der Waals surface area contributed by atoms with Crippen LogP contribution in [0.4, 0.5) is 0 Å². The van der Waals surface area contributed by atoms with Crippen LogP contribution in [0.1, 0.15) is 47.5 Å².